The van der Waals surface area contributed by atoms with Crippen LogP contribution in [0.25, 0.3) is 41.8 Å². The van der Waals surface area contributed by atoms with Crippen LogP contribution >= 0.6 is 0 Å². The van der Waals surface area contributed by atoms with E-state index < -0.39 is 0 Å². The molecular formula is C28H19IrN3Se-2. The Morgan fingerprint density at radius 1 is 0.697 bits per heavy atom. The number of fused-ring (bicyclic) bond motifs is 3. The van der Waals surface area contributed by atoms with Crippen LogP contribution in [0.15, 0.2) is 97.5 Å². The molecule has 163 valence electrons. The summed E-state index contributed by atoms with van der Waals surface area (Å²) in [6.45, 7) is 2.00. The summed E-state index contributed by atoms with van der Waals surface area (Å²) in [4.78, 5) is 13.2. The van der Waals surface area contributed by atoms with Gasteiger partial charge >= 0.3 is 122 Å². The van der Waals surface area contributed by atoms with Crippen LogP contribution in [0.2, 0.25) is 0 Å². The average molecular weight is 669 g/mol. The van der Waals surface area contributed by atoms with E-state index in [0.717, 1.165) is 28.2 Å². The molecule has 0 amide bonds. The summed E-state index contributed by atoms with van der Waals surface area (Å²) in [5, 5.41) is 2.68. The summed E-state index contributed by atoms with van der Waals surface area (Å²) >= 11 is 0.380. The molecule has 0 saturated carbocycles. The summed E-state index contributed by atoms with van der Waals surface area (Å²) in [6.07, 6.45) is 5.58. The molecule has 0 bridgehead atoms. The first-order valence-electron chi connectivity index (χ1n) is 10.3. The van der Waals surface area contributed by atoms with E-state index in [-0.39, 0.29) is 20.1 Å². The van der Waals surface area contributed by atoms with E-state index >= 15 is 0 Å². The van der Waals surface area contributed by atoms with Gasteiger partial charge in [-0.15, -0.1) is 35.9 Å². The third-order valence-corrected chi connectivity index (χ3v) is 7.46. The number of aromatic nitrogens is 3. The van der Waals surface area contributed by atoms with Crippen LogP contribution in [-0.4, -0.2) is 29.5 Å². The zero-order valence-corrected chi connectivity index (χ0v) is 21.9. The van der Waals surface area contributed by atoms with E-state index in [1.54, 1.807) is 12.4 Å². The Morgan fingerprint density at radius 3 is 2.33 bits per heavy atom. The van der Waals surface area contributed by atoms with Crippen LogP contribution in [0.4, 0.5) is 0 Å². The minimum Gasteiger partial charge on any atom is -0.305 e. The Kier molecular flexibility index (Phi) is 7.59. The summed E-state index contributed by atoms with van der Waals surface area (Å²) in [7, 11) is 0. The normalized spacial score (nSPS) is 10.3. The molecule has 6 rings (SSSR count). The smallest absolute Gasteiger partial charge is 0.0160 e. The quantitative estimate of drug-likeness (QED) is 0.164. The van der Waals surface area contributed by atoms with Crippen LogP contribution in [0.5, 0.6) is 0 Å². The first-order chi connectivity index (χ1) is 15.8. The maximum Gasteiger partial charge on any atom is 0.0160 e. The van der Waals surface area contributed by atoms with E-state index in [4.69, 9.17) is 0 Å². The Bertz CT molecular complexity index is 1440. The summed E-state index contributed by atoms with van der Waals surface area (Å²) in [5.41, 5.74) is 4.93. The van der Waals surface area contributed by atoms with Crippen molar-refractivity contribution in [3.8, 4) is 22.5 Å². The molecule has 2 aromatic carbocycles. The van der Waals surface area contributed by atoms with Gasteiger partial charge in [-0.1, -0.05) is 12.1 Å². The first kappa shape index (κ1) is 23.2. The average Bonchev–Trinajstić information content (AvgIpc) is 3.24. The third kappa shape index (κ3) is 5.18. The van der Waals surface area contributed by atoms with Crippen LogP contribution in [-0.2, 0) is 20.1 Å². The molecule has 1 radical (unpaired) electrons. The Labute approximate surface area is 212 Å². The first-order valence-corrected chi connectivity index (χ1v) is 12.0. The van der Waals surface area contributed by atoms with Gasteiger partial charge in [0.1, 0.15) is 0 Å². The SMILES string of the molecule is Cc1ncc[c-]c1-c1cc2c(cn1)[se]c1ccccc12.[Ir].[c-]1ccccc1-c1ccccn1. The monoisotopic (exact) mass is 670 g/mol. The van der Waals surface area contributed by atoms with Crippen molar-refractivity contribution in [1.29, 1.82) is 0 Å². The second-order valence-corrected chi connectivity index (χ2v) is 9.48. The number of pyridine rings is 3. The number of rotatable bonds is 2. The molecule has 3 nitrogen and oxygen atoms in total. The molecule has 0 aliphatic carbocycles. The third-order valence-electron chi connectivity index (χ3n) is 5.10. The van der Waals surface area contributed by atoms with E-state index in [1.807, 2.05) is 61.7 Å². The van der Waals surface area contributed by atoms with Gasteiger partial charge in [-0.25, -0.2) is 0 Å². The standard InChI is InChI=1S/C17H11N2Se.C11H8N.Ir/c1-11-12(6-4-8-18-11)15-9-14-13-5-2-3-7-16(13)20-17(14)10-19-15;1-2-6-10(7-3-1)11-8-4-5-9-12-11;/h2-5,7-10H,1H3;1-6,8-9H;/q2*-1;. The predicted octanol–water partition coefficient (Wildman–Crippen LogP) is 6.16. The molecule has 0 saturated heterocycles. The van der Waals surface area contributed by atoms with Gasteiger partial charge in [-0.3, -0.25) is 0 Å². The fourth-order valence-electron chi connectivity index (χ4n) is 3.54. The van der Waals surface area contributed by atoms with Crippen LogP contribution in [0.3, 0.4) is 0 Å². The molecular weight excluding hydrogens is 650 g/mol. The van der Waals surface area contributed by atoms with Gasteiger partial charge in [-0.05, 0) is 11.8 Å². The van der Waals surface area contributed by atoms with E-state index in [2.05, 4.69) is 57.4 Å². The van der Waals surface area contributed by atoms with Crippen LogP contribution in [0, 0.1) is 19.1 Å². The second kappa shape index (κ2) is 10.8. The zero-order valence-electron chi connectivity index (χ0n) is 17.8. The summed E-state index contributed by atoms with van der Waals surface area (Å²) in [6, 6.07) is 32.7. The number of hydrogen-bond acceptors (Lipinski definition) is 3. The molecule has 0 atom stereocenters. The van der Waals surface area contributed by atoms with Crippen LogP contribution < -0.4 is 0 Å². The Hall–Kier alpha value is -2.94. The Balaban J connectivity index is 0.000000172. The molecule has 5 heteroatoms. The Morgan fingerprint density at radius 2 is 1.55 bits per heavy atom. The van der Waals surface area contributed by atoms with Gasteiger partial charge in [0.05, 0.1) is 0 Å². The summed E-state index contributed by atoms with van der Waals surface area (Å²) in [5.74, 6) is 0. The number of aryl methyl sites for hydroxylation is 1. The van der Waals surface area contributed by atoms with Gasteiger partial charge in [0.15, 0.2) is 0 Å². The van der Waals surface area contributed by atoms with Crippen molar-refractivity contribution in [2.45, 2.75) is 6.92 Å². The molecule has 33 heavy (non-hydrogen) atoms. The van der Waals surface area contributed by atoms with Crippen molar-refractivity contribution in [2.75, 3.05) is 0 Å². The van der Waals surface area contributed by atoms with Crippen molar-refractivity contribution >= 4 is 33.8 Å². The maximum absolute atomic E-state index is 4.61. The molecule has 0 spiro atoms. The molecule has 0 unspecified atom stereocenters. The van der Waals surface area contributed by atoms with Gasteiger partial charge in [-0.2, -0.15) is 0 Å². The van der Waals surface area contributed by atoms with Crippen molar-refractivity contribution in [3.05, 3.63) is 115 Å². The van der Waals surface area contributed by atoms with Gasteiger partial charge in [0.2, 0.25) is 0 Å². The van der Waals surface area contributed by atoms with Crippen LogP contribution in [0.1, 0.15) is 5.69 Å². The van der Waals surface area contributed by atoms with E-state index in [0.29, 0.717) is 14.5 Å². The maximum atomic E-state index is 4.61. The zero-order chi connectivity index (χ0) is 21.8. The fourth-order valence-corrected chi connectivity index (χ4v) is 5.76. The fraction of sp³-hybridized carbons (Fsp3) is 0.0357. The molecule has 4 aromatic heterocycles. The molecule has 4 heterocycles. The van der Waals surface area contributed by atoms with Gasteiger partial charge < -0.3 is 4.98 Å². The van der Waals surface area contributed by atoms with Crippen molar-refractivity contribution in [1.82, 2.24) is 15.0 Å². The minimum absolute atomic E-state index is 0. The van der Waals surface area contributed by atoms with Crippen molar-refractivity contribution in [2.24, 2.45) is 0 Å². The molecule has 0 aliphatic rings. The van der Waals surface area contributed by atoms with Crippen molar-refractivity contribution in [3.63, 3.8) is 0 Å². The number of benzene rings is 2. The number of hydrogen-bond donors (Lipinski definition) is 0. The van der Waals surface area contributed by atoms with Crippen molar-refractivity contribution < 1.29 is 20.1 Å². The molecule has 0 aliphatic heterocycles. The largest absolute Gasteiger partial charge is 0.305 e. The predicted molar refractivity (Wildman–Crippen MR) is 132 cm³/mol. The molecule has 0 N–H and O–H groups in total. The van der Waals surface area contributed by atoms with Gasteiger partial charge in [0.25, 0.3) is 0 Å². The molecule has 0 fully saturated rings. The topological polar surface area (TPSA) is 38.7 Å². The minimum atomic E-state index is 0. The van der Waals surface area contributed by atoms with E-state index in [9.17, 15) is 0 Å². The molecule has 6 aromatic rings. The van der Waals surface area contributed by atoms with Gasteiger partial charge in [0, 0.05) is 26.3 Å². The number of nitrogens with zero attached hydrogens (tertiary/aromatic N) is 3. The summed E-state index contributed by atoms with van der Waals surface area (Å²) < 4.78 is 2.81. The second-order valence-electron chi connectivity index (χ2n) is 7.20. The van der Waals surface area contributed by atoms with E-state index in [1.165, 1.54) is 19.3 Å².